The van der Waals surface area contributed by atoms with E-state index in [1.165, 1.54) is 11.2 Å². The Morgan fingerprint density at radius 2 is 1.97 bits per heavy atom. The van der Waals surface area contributed by atoms with Gasteiger partial charge in [0.1, 0.15) is 19.0 Å². The molecular formula is C27H24N4O3S. The van der Waals surface area contributed by atoms with E-state index in [9.17, 15) is 4.79 Å². The first-order valence-electron chi connectivity index (χ1n) is 11.5. The second-order valence-electron chi connectivity index (χ2n) is 8.68. The first kappa shape index (κ1) is 21.6. The van der Waals surface area contributed by atoms with Crippen molar-refractivity contribution < 1.29 is 14.3 Å². The molecule has 7 nitrogen and oxygen atoms in total. The summed E-state index contributed by atoms with van der Waals surface area (Å²) in [6, 6.07) is 19.6. The van der Waals surface area contributed by atoms with Gasteiger partial charge in [-0.05, 0) is 41.1 Å². The highest BCUT2D eigenvalue weighted by Crippen LogP contribution is 2.45. The zero-order valence-corrected chi connectivity index (χ0v) is 20.0. The first-order valence-corrected chi connectivity index (χ1v) is 12.4. The van der Waals surface area contributed by atoms with E-state index in [1.807, 2.05) is 54.6 Å². The number of rotatable bonds is 6. The number of ketones is 1. The molecule has 0 amide bonds. The fourth-order valence-corrected chi connectivity index (χ4v) is 5.73. The average molecular weight is 485 g/mol. The van der Waals surface area contributed by atoms with Crippen LogP contribution in [0.4, 0.5) is 5.95 Å². The van der Waals surface area contributed by atoms with Crippen molar-refractivity contribution in [3.8, 4) is 11.5 Å². The van der Waals surface area contributed by atoms with Gasteiger partial charge in [0.2, 0.25) is 5.95 Å². The monoisotopic (exact) mass is 484 g/mol. The lowest BCUT2D eigenvalue weighted by molar-refractivity contribution is -0.116. The molecule has 2 aromatic carbocycles. The van der Waals surface area contributed by atoms with Crippen LogP contribution in [0.5, 0.6) is 11.5 Å². The third-order valence-corrected chi connectivity index (χ3v) is 7.58. The Hall–Kier alpha value is -3.91. The number of ether oxygens (including phenoxy) is 2. The van der Waals surface area contributed by atoms with Crippen LogP contribution in [-0.2, 0) is 11.4 Å². The Balaban J connectivity index is 1.38. The number of allylic oxidation sites excluding steroid dienone is 2. The Morgan fingerprint density at radius 1 is 1.09 bits per heavy atom. The number of thiophene rings is 1. The molecule has 0 unspecified atom stereocenters. The third kappa shape index (κ3) is 4.00. The summed E-state index contributed by atoms with van der Waals surface area (Å²) in [5, 5.41) is 9.90. The predicted octanol–water partition coefficient (Wildman–Crippen LogP) is 5.34. The van der Waals surface area contributed by atoms with Gasteiger partial charge in [0.05, 0.1) is 7.11 Å². The number of aromatic nitrogens is 3. The van der Waals surface area contributed by atoms with Crippen molar-refractivity contribution >= 4 is 23.1 Å². The van der Waals surface area contributed by atoms with Crippen molar-refractivity contribution in [3.63, 3.8) is 0 Å². The third-order valence-electron chi connectivity index (χ3n) is 6.55. The number of nitrogens with one attached hydrogen (secondary N) is 1. The summed E-state index contributed by atoms with van der Waals surface area (Å²) < 4.78 is 13.5. The molecule has 8 heteroatoms. The summed E-state index contributed by atoms with van der Waals surface area (Å²) in [7, 11) is 1.63. The molecule has 1 aliphatic heterocycles. The van der Waals surface area contributed by atoms with Gasteiger partial charge in [-0.1, -0.05) is 42.5 Å². The lowest BCUT2D eigenvalue weighted by Crippen LogP contribution is -2.33. The number of methoxy groups -OCH3 is 1. The molecular weight excluding hydrogens is 460 g/mol. The quantitative estimate of drug-likeness (QED) is 0.398. The van der Waals surface area contributed by atoms with E-state index in [1.54, 1.807) is 23.1 Å². The number of nitrogens with zero attached hydrogens (tertiary/aromatic N) is 3. The van der Waals surface area contributed by atoms with Crippen LogP contribution in [-0.4, -0.2) is 27.7 Å². The number of benzene rings is 2. The van der Waals surface area contributed by atoms with Crippen molar-refractivity contribution in [1.29, 1.82) is 0 Å². The van der Waals surface area contributed by atoms with E-state index < -0.39 is 0 Å². The molecule has 2 aliphatic rings. The molecule has 3 heterocycles. The van der Waals surface area contributed by atoms with Crippen LogP contribution < -0.4 is 14.8 Å². The van der Waals surface area contributed by atoms with E-state index in [0.717, 1.165) is 28.8 Å². The summed E-state index contributed by atoms with van der Waals surface area (Å²) >= 11 is 1.70. The molecule has 1 N–H and O–H groups in total. The average Bonchev–Trinajstić information content (AvgIpc) is 3.59. The number of hydrogen-bond acceptors (Lipinski definition) is 7. The SMILES string of the molecule is COc1ccc([C@@H]2C3=C(C[C@@H](c4cccs4)CC3=O)Nc3ncnn32)cc1OCc1ccccc1. The van der Waals surface area contributed by atoms with Gasteiger partial charge in [-0.25, -0.2) is 4.68 Å². The van der Waals surface area contributed by atoms with Gasteiger partial charge < -0.3 is 14.8 Å². The molecule has 0 bridgehead atoms. The highest BCUT2D eigenvalue weighted by atomic mass is 32.1. The second kappa shape index (κ2) is 9.03. The molecule has 0 saturated heterocycles. The standard InChI is InChI=1S/C27H24N4O3S/c1-33-22-10-9-18(14-23(22)34-15-17-6-3-2-4-7-17)26-25-20(30-27-28-16-29-31(26)27)12-19(13-21(25)32)24-8-5-11-35-24/h2-11,14,16,19,26H,12-13,15H2,1H3,(H,28,29,30)/t19-,26-/m1/s1. The van der Waals surface area contributed by atoms with Gasteiger partial charge in [0.25, 0.3) is 0 Å². The van der Waals surface area contributed by atoms with Crippen molar-refractivity contribution in [3.05, 3.63) is 99.6 Å². The van der Waals surface area contributed by atoms with Gasteiger partial charge in [-0.15, -0.1) is 11.3 Å². The van der Waals surface area contributed by atoms with E-state index in [-0.39, 0.29) is 17.7 Å². The summed E-state index contributed by atoms with van der Waals surface area (Å²) in [5.74, 6) is 2.20. The van der Waals surface area contributed by atoms with Gasteiger partial charge in [0.15, 0.2) is 17.3 Å². The molecule has 0 radical (unpaired) electrons. The van der Waals surface area contributed by atoms with Gasteiger partial charge in [-0.3, -0.25) is 4.79 Å². The number of carbonyl (C=O) groups excluding carboxylic acids is 1. The van der Waals surface area contributed by atoms with Crippen LogP contribution in [0.3, 0.4) is 0 Å². The van der Waals surface area contributed by atoms with Crippen LogP contribution in [0.2, 0.25) is 0 Å². The number of hydrogen-bond donors (Lipinski definition) is 1. The van der Waals surface area contributed by atoms with Crippen molar-refractivity contribution in [1.82, 2.24) is 14.8 Å². The van der Waals surface area contributed by atoms with E-state index in [0.29, 0.717) is 30.5 Å². The minimum atomic E-state index is -0.384. The molecule has 4 aromatic rings. The fourth-order valence-electron chi connectivity index (χ4n) is 4.90. The molecule has 6 rings (SSSR count). The molecule has 0 saturated carbocycles. The summed E-state index contributed by atoms with van der Waals surface area (Å²) in [5.41, 5.74) is 3.63. The number of carbonyl (C=O) groups is 1. The van der Waals surface area contributed by atoms with E-state index >= 15 is 0 Å². The molecule has 1 aliphatic carbocycles. The predicted molar refractivity (Wildman–Crippen MR) is 134 cm³/mol. The van der Waals surface area contributed by atoms with Crippen LogP contribution in [0.1, 0.15) is 40.8 Å². The molecule has 2 aromatic heterocycles. The fraction of sp³-hybridized carbons (Fsp3) is 0.222. The van der Waals surface area contributed by atoms with Crippen LogP contribution >= 0.6 is 11.3 Å². The molecule has 2 atom stereocenters. The molecule has 176 valence electrons. The minimum Gasteiger partial charge on any atom is -0.493 e. The topological polar surface area (TPSA) is 78.3 Å². The maximum atomic E-state index is 13.6. The van der Waals surface area contributed by atoms with Gasteiger partial charge >= 0.3 is 0 Å². The highest BCUT2D eigenvalue weighted by molar-refractivity contribution is 7.10. The minimum absolute atomic E-state index is 0.130. The van der Waals surface area contributed by atoms with Crippen molar-refractivity contribution in [2.45, 2.75) is 31.4 Å². The maximum Gasteiger partial charge on any atom is 0.226 e. The Kier molecular flexibility index (Phi) is 5.58. The number of fused-ring (bicyclic) bond motifs is 1. The van der Waals surface area contributed by atoms with Crippen molar-refractivity contribution in [2.75, 3.05) is 12.4 Å². The lowest BCUT2D eigenvalue weighted by Gasteiger charge is -2.35. The Bertz CT molecular complexity index is 1400. The number of anilines is 1. The largest absolute Gasteiger partial charge is 0.493 e. The van der Waals surface area contributed by atoms with Crippen LogP contribution in [0, 0.1) is 0 Å². The maximum absolute atomic E-state index is 13.6. The lowest BCUT2D eigenvalue weighted by atomic mass is 9.80. The highest BCUT2D eigenvalue weighted by Gasteiger charge is 2.39. The normalized spacial score (nSPS) is 19.1. The zero-order chi connectivity index (χ0) is 23.8. The zero-order valence-electron chi connectivity index (χ0n) is 19.2. The van der Waals surface area contributed by atoms with Gasteiger partial charge in [-0.2, -0.15) is 10.1 Å². The summed E-state index contributed by atoms with van der Waals surface area (Å²) in [4.78, 5) is 19.2. The smallest absolute Gasteiger partial charge is 0.226 e. The van der Waals surface area contributed by atoms with Crippen LogP contribution in [0.15, 0.2) is 83.6 Å². The Labute approximate surface area is 207 Å². The molecule has 0 fully saturated rings. The molecule has 35 heavy (non-hydrogen) atoms. The van der Waals surface area contributed by atoms with E-state index in [2.05, 4.69) is 26.8 Å². The second-order valence-corrected chi connectivity index (χ2v) is 9.66. The summed E-state index contributed by atoms with van der Waals surface area (Å²) in [6.45, 7) is 0.414. The summed E-state index contributed by atoms with van der Waals surface area (Å²) in [6.07, 6.45) is 2.76. The van der Waals surface area contributed by atoms with Crippen LogP contribution in [0.25, 0.3) is 0 Å². The number of Topliss-reactive ketones (excluding diaryl/α,β-unsaturated/α-hetero) is 1. The van der Waals surface area contributed by atoms with Gasteiger partial charge in [0, 0.05) is 28.5 Å². The Morgan fingerprint density at radius 3 is 2.77 bits per heavy atom. The first-order chi connectivity index (χ1) is 17.2. The molecule has 0 spiro atoms. The van der Waals surface area contributed by atoms with Crippen molar-refractivity contribution in [2.24, 2.45) is 0 Å². The van der Waals surface area contributed by atoms with E-state index in [4.69, 9.17) is 9.47 Å².